The minimum atomic E-state index is -0.142. The molecule has 0 saturated carbocycles. The Labute approximate surface area is 166 Å². The summed E-state index contributed by atoms with van der Waals surface area (Å²) in [6.07, 6.45) is 2.07. The van der Waals surface area contributed by atoms with Gasteiger partial charge in [0.05, 0.1) is 18.8 Å². The molecule has 2 amide bonds. The molecule has 27 heavy (non-hydrogen) atoms. The number of carbonyl (C=O) groups excluding carboxylic acids is 1. The molecule has 1 aromatic heterocycles. The summed E-state index contributed by atoms with van der Waals surface area (Å²) < 4.78 is 8.58. The molecular formula is C21H20BrN3O2. The van der Waals surface area contributed by atoms with E-state index in [4.69, 9.17) is 4.74 Å². The van der Waals surface area contributed by atoms with E-state index >= 15 is 0 Å². The fourth-order valence-corrected chi connectivity index (χ4v) is 3.80. The number of methoxy groups -OCH3 is 1. The number of hydrogen-bond acceptors (Lipinski definition) is 2. The van der Waals surface area contributed by atoms with E-state index in [-0.39, 0.29) is 12.1 Å². The smallest absolute Gasteiger partial charge is 0.322 e. The molecule has 0 unspecified atom stereocenters. The molecule has 4 rings (SSSR count). The number of hydrogen-bond donors (Lipinski definition) is 1. The molecule has 3 aromatic rings. The van der Waals surface area contributed by atoms with E-state index in [1.165, 1.54) is 0 Å². The third-order valence-electron chi connectivity index (χ3n) is 4.83. The number of ether oxygens (including phenoxy) is 1. The van der Waals surface area contributed by atoms with Gasteiger partial charge in [-0.05, 0) is 42.0 Å². The van der Waals surface area contributed by atoms with Crippen LogP contribution in [-0.2, 0) is 6.54 Å². The van der Waals surface area contributed by atoms with E-state index in [0.29, 0.717) is 18.0 Å². The van der Waals surface area contributed by atoms with Crippen LogP contribution in [0.4, 0.5) is 10.5 Å². The fourth-order valence-electron chi connectivity index (χ4n) is 3.53. The van der Waals surface area contributed by atoms with Gasteiger partial charge in [-0.2, -0.15) is 0 Å². The number of halogens is 1. The zero-order valence-corrected chi connectivity index (χ0v) is 16.5. The van der Waals surface area contributed by atoms with Gasteiger partial charge in [0.25, 0.3) is 0 Å². The van der Waals surface area contributed by atoms with Crippen molar-refractivity contribution >= 4 is 27.6 Å². The number of para-hydroxylation sites is 2. The Morgan fingerprint density at radius 3 is 2.63 bits per heavy atom. The normalized spacial score (nSPS) is 15.9. The van der Waals surface area contributed by atoms with E-state index in [1.807, 2.05) is 47.4 Å². The van der Waals surface area contributed by atoms with Crippen LogP contribution in [0, 0.1) is 0 Å². The number of benzene rings is 2. The first-order valence-electron chi connectivity index (χ1n) is 8.78. The first kappa shape index (κ1) is 17.7. The van der Waals surface area contributed by atoms with Gasteiger partial charge in [0.15, 0.2) is 0 Å². The van der Waals surface area contributed by atoms with Crippen molar-refractivity contribution < 1.29 is 9.53 Å². The highest BCUT2D eigenvalue weighted by Gasteiger charge is 2.32. The van der Waals surface area contributed by atoms with Crippen molar-refractivity contribution in [3.63, 3.8) is 0 Å². The lowest BCUT2D eigenvalue weighted by Gasteiger charge is -2.37. The molecule has 5 nitrogen and oxygen atoms in total. The Kier molecular flexibility index (Phi) is 4.90. The number of nitrogens with one attached hydrogen (secondary N) is 1. The molecule has 0 aliphatic carbocycles. The Hall–Kier alpha value is -2.73. The van der Waals surface area contributed by atoms with E-state index in [1.54, 1.807) is 7.11 Å². The first-order valence-corrected chi connectivity index (χ1v) is 9.58. The highest BCUT2D eigenvalue weighted by molar-refractivity contribution is 9.10. The number of anilines is 1. The highest BCUT2D eigenvalue weighted by Crippen LogP contribution is 2.34. The molecule has 2 aromatic carbocycles. The first-order chi connectivity index (χ1) is 13.2. The van der Waals surface area contributed by atoms with Crippen molar-refractivity contribution in [2.45, 2.75) is 12.6 Å². The van der Waals surface area contributed by atoms with Crippen LogP contribution >= 0.6 is 15.9 Å². The molecule has 138 valence electrons. The van der Waals surface area contributed by atoms with Crippen molar-refractivity contribution in [2.24, 2.45) is 0 Å². The summed E-state index contributed by atoms with van der Waals surface area (Å²) in [6, 6.07) is 19.4. The van der Waals surface area contributed by atoms with Crippen LogP contribution in [0.25, 0.3) is 0 Å². The Morgan fingerprint density at radius 1 is 1.07 bits per heavy atom. The lowest BCUT2D eigenvalue weighted by molar-refractivity contribution is 0.181. The maximum Gasteiger partial charge on any atom is 0.322 e. The fraction of sp³-hybridized carbons (Fsp3) is 0.190. The summed E-state index contributed by atoms with van der Waals surface area (Å²) in [5, 5.41) is 3.01. The number of urea groups is 1. The molecule has 0 saturated heterocycles. The van der Waals surface area contributed by atoms with Gasteiger partial charge < -0.3 is 19.5 Å². The van der Waals surface area contributed by atoms with Crippen molar-refractivity contribution in [1.29, 1.82) is 0 Å². The van der Waals surface area contributed by atoms with Crippen molar-refractivity contribution in [3.8, 4) is 5.75 Å². The average molecular weight is 426 g/mol. The van der Waals surface area contributed by atoms with Gasteiger partial charge in [-0.15, -0.1) is 0 Å². The summed E-state index contributed by atoms with van der Waals surface area (Å²) in [5.41, 5.74) is 2.85. The second-order valence-electron chi connectivity index (χ2n) is 6.40. The predicted molar refractivity (Wildman–Crippen MR) is 109 cm³/mol. The van der Waals surface area contributed by atoms with Crippen LogP contribution in [0.3, 0.4) is 0 Å². The maximum absolute atomic E-state index is 13.2. The molecule has 1 aliphatic heterocycles. The third-order valence-corrected chi connectivity index (χ3v) is 5.36. The molecule has 0 radical (unpaired) electrons. The summed E-state index contributed by atoms with van der Waals surface area (Å²) in [7, 11) is 1.60. The average Bonchev–Trinajstić information content (AvgIpc) is 3.17. The predicted octanol–water partition coefficient (Wildman–Crippen LogP) is 4.90. The van der Waals surface area contributed by atoms with Gasteiger partial charge in [-0.1, -0.05) is 40.2 Å². The number of carbonyl (C=O) groups is 1. The Balaban J connectivity index is 1.68. The van der Waals surface area contributed by atoms with Crippen LogP contribution < -0.4 is 10.1 Å². The van der Waals surface area contributed by atoms with E-state index in [9.17, 15) is 4.79 Å². The SMILES string of the molecule is COc1ccccc1NC(=O)N1CCn2cccc2[C@@H]1c1ccc(Br)cc1. The molecule has 0 spiro atoms. The maximum atomic E-state index is 13.2. The number of rotatable bonds is 3. The second kappa shape index (κ2) is 7.48. The second-order valence-corrected chi connectivity index (χ2v) is 7.32. The number of nitrogens with zero attached hydrogens (tertiary/aromatic N) is 2. The van der Waals surface area contributed by atoms with Crippen LogP contribution in [0.5, 0.6) is 5.75 Å². The zero-order chi connectivity index (χ0) is 18.8. The molecule has 1 aliphatic rings. The summed E-state index contributed by atoms with van der Waals surface area (Å²) >= 11 is 3.49. The van der Waals surface area contributed by atoms with E-state index < -0.39 is 0 Å². The van der Waals surface area contributed by atoms with Gasteiger partial charge in [0.2, 0.25) is 0 Å². The molecular weight excluding hydrogens is 406 g/mol. The van der Waals surface area contributed by atoms with Gasteiger partial charge in [-0.25, -0.2) is 4.79 Å². The minimum Gasteiger partial charge on any atom is -0.495 e. The third kappa shape index (κ3) is 3.45. The molecule has 2 heterocycles. The number of fused-ring (bicyclic) bond motifs is 1. The monoisotopic (exact) mass is 425 g/mol. The van der Waals surface area contributed by atoms with Gasteiger partial charge >= 0.3 is 6.03 Å². The Bertz CT molecular complexity index is 952. The molecule has 0 fully saturated rings. The zero-order valence-electron chi connectivity index (χ0n) is 14.9. The highest BCUT2D eigenvalue weighted by atomic mass is 79.9. The Morgan fingerprint density at radius 2 is 1.85 bits per heavy atom. The van der Waals surface area contributed by atoms with Crippen molar-refractivity contribution in [2.75, 3.05) is 19.0 Å². The van der Waals surface area contributed by atoms with E-state index in [0.717, 1.165) is 22.3 Å². The topological polar surface area (TPSA) is 46.5 Å². The summed E-state index contributed by atoms with van der Waals surface area (Å²) in [6.45, 7) is 1.40. The standard InChI is InChI=1S/C21H20BrN3O2/c1-27-19-7-3-2-5-17(19)23-21(26)25-14-13-24-12-4-6-18(24)20(25)15-8-10-16(22)11-9-15/h2-12,20H,13-14H2,1H3,(H,23,26)/t20-/m0/s1. The van der Waals surface area contributed by atoms with Crippen LogP contribution in [0.15, 0.2) is 71.3 Å². The molecule has 1 N–H and O–H groups in total. The lowest BCUT2D eigenvalue weighted by Crippen LogP contribution is -2.44. The molecule has 0 bridgehead atoms. The van der Waals surface area contributed by atoms with Crippen LogP contribution in [-0.4, -0.2) is 29.2 Å². The van der Waals surface area contributed by atoms with E-state index in [2.05, 4.69) is 50.2 Å². The lowest BCUT2D eigenvalue weighted by atomic mass is 10.0. The van der Waals surface area contributed by atoms with Crippen molar-refractivity contribution in [1.82, 2.24) is 9.47 Å². The van der Waals surface area contributed by atoms with Crippen molar-refractivity contribution in [3.05, 3.63) is 82.6 Å². The van der Waals surface area contributed by atoms with Crippen LogP contribution in [0.2, 0.25) is 0 Å². The molecule has 6 heteroatoms. The van der Waals surface area contributed by atoms with Gasteiger partial charge in [0.1, 0.15) is 5.75 Å². The molecule has 1 atom stereocenters. The van der Waals surface area contributed by atoms with Gasteiger partial charge in [0, 0.05) is 29.5 Å². The largest absolute Gasteiger partial charge is 0.495 e. The van der Waals surface area contributed by atoms with Gasteiger partial charge in [-0.3, -0.25) is 0 Å². The number of aromatic nitrogens is 1. The summed E-state index contributed by atoms with van der Waals surface area (Å²) in [4.78, 5) is 15.0. The quantitative estimate of drug-likeness (QED) is 0.648. The van der Waals surface area contributed by atoms with Crippen LogP contribution in [0.1, 0.15) is 17.3 Å². The summed E-state index contributed by atoms with van der Waals surface area (Å²) in [5.74, 6) is 0.645. The minimum absolute atomic E-state index is 0.139. The number of amides is 2.